The molecule has 1 aliphatic rings. The van der Waals surface area contributed by atoms with Gasteiger partial charge in [-0.25, -0.2) is 0 Å². The molecule has 0 amide bonds. The van der Waals surface area contributed by atoms with E-state index in [1.165, 1.54) is 30.4 Å². The van der Waals surface area contributed by atoms with Gasteiger partial charge < -0.3 is 5.11 Å². The Morgan fingerprint density at radius 3 is 2.81 bits per heavy atom. The molecule has 2 aromatic rings. The van der Waals surface area contributed by atoms with Crippen molar-refractivity contribution in [1.82, 2.24) is 9.78 Å². The number of rotatable bonds is 3. The number of fused-ring (bicyclic) bond motifs is 1. The molecule has 3 heteroatoms. The lowest BCUT2D eigenvalue weighted by Gasteiger charge is -2.27. The SMILES string of the molecule is Cc1nn(C)c(C)c1C(O)CC1CCCc2ccccc21. The van der Waals surface area contributed by atoms with Crippen molar-refractivity contribution in [2.75, 3.05) is 0 Å². The minimum atomic E-state index is -0.421. The minimum Gasteiger partial charge on any atom is -0.388 e. The molecule has 21 heavy (non-hydrogen) atoms. The Balaban J connectivity index is 1.84. The monoisotopic (exact) mass is 284 g/mol. The lowest BCUT2D eigenvalue weighted by Crippen LogP contribution is -2.13. The van der Waals surface area contributed by atoms with Crippen molar-refractivity contribution in [3.63, 3.8) is 0 Å². The Hall–Kier alpha value is -1.61. The predicted octanol–water partition coefficient (Wildman–Crippen LogP) is 3.58. The maximum Gasteiger partial charge on any atom is 0.0831 e. The van der Waals surface area contributed by atoms with E-state index in [4.69, 9.17) is 0 Å². The van der Waals surface area contributed by atoms with E-state index in [0.717, 1.165) is 23.4 Å². The summed E-state index contributed by atoms with van der Waals surface area (Å²) in [6.45, 7) is 4.02. The first-order valence-corrected chi connectivity index (χ1v) is 7.84. The van der Waals surface area contributed by atoms with Crippen molar-refractivity contribution in [2.24, 2.45) is 7.05 Å². The van der Waals surface area contributed by atoms with Crippen LogP contribution in [-0.2, 0) is 13.5 Å². The quantitative estimate of drug-likeness (QED) is 0.935. The highest BCUT2D eigenvalue weighted by Crippen LogP contribution is 2.38. The normalized spacial score (nSPS) is 19.3. The predicted molar refractivity (Wildman–Crippen MR) is 84.4 cm³/mol. The highest BCUT2D eigenvalue weighted by atomic mass is 16.3. The molecule has 1 aromatic carbocycles. The highest BCUT2D eigenvalue weighted by Gasteiger charge is 2.25. The number of benzene rings is 1. The second-order valence-corrected chi connectivity index (χ2v) is 6.25. The zero-order chi connectivity index (χ0) is 15.0. The third kappa shape index (κ3) is 2.62. The fourth-order valence-corrected chi connectivity index (χ4v) is 3.76. The molecule has 0 saturated heterocycles. The van der Waals surface area contributed by atoms with Crippen LogP contribution in [0.3, 0.4) is 0 Å². The van der Waals surface area contributed by atoms with E-state index in [9.17, 15) is 5.11 Å². The van der Waals surface area contributed by atoms with Crippen molar-refractivity contribution in [3.8, 4) is 0 Å². The summed E-state index contributed by atoms with van der Waals surface area (Å²) in [5.41, 5.74) is 5.93. The minimum absolute atomic E-state index is 0.421. The van der Waals surface area contributed by atoms with Crippen LogP contribution in [0.15, 0.2) is 24.3 Å². The molecular weight excluding hydrogens is 260 g/mol. The third-order valence-corrected chi connectivity index (χ3v) is 4.90. The zero-order valence-electron chi connectivity index (χ0n) is 13.1. The fourth-order valence-electron chi connectivity index (χ4n) is 3.76. The maximum atomic E-state index is 10.7. The van der Waals surface area contributed by atoms with Crippen molar-refractivity contribution in [3.05, 3.63) is 52.3 Å². The van der Waals surface area contributed by atoms with Crippen molar-refractivity contribution in [1.29, 1.82) is 0 Å². The molecule has 0 spiro atoms. The van der Waals surface area contributed by atoms with Gasteiger partial charge in [0, 0.05) is 18.3 Å². The first kappa shape index (κ1) is 14.3. The van der Waals surface area contributed by atoms with E-state index in [-0.39, 0.29) is 0 Å². The van der Waals surface area contributed by atoms with Crippen LogP contribution in [-0.4, -0.2) is 14.9 Å². The van der Waals surface area contributed by atoms with Gasteiger partial charge in [0.05, 0.1) is 11.8 Å². The summed E-state index contributed by atoms with van der Waals surface area (Å²) in [7, 11) is 1.94. The average molecular weight is 284 g/mol. The number of hydrogen-bond donors (Lipinski definition) is 1. The molecular formula is C18H24N2O. The van der Waals surface area contributed by atoms with Gasteiger partial charge >= 0.3 is 0 Å². The number of aromatic nitrogens is 2. The second kappa shape index (κ2) is 5.64. The molecule has 3 rings (SSSR count). The highest BCUT2D eigenvalue weighted by molar-refractivity contribution is 5.34. The van der Waals surface area contributed by atoms with Gasteiger partial charge in [0.15, 0.2) is 0 Å². The summed E-state index contributed by atoms with van der Waals surface area (Å²) in [4.78, 5) is 0. The molecule has 1 N–H and O–H groups in total. The van der Waals surface area contributed by atoms with E-state index in [1.807, 2.05) is 25.6 Å². The van der Waals surface area contributed by atoms with Crippen LogP contribution in [0.4, 0.5) is 0 Å². The van der Waals surface area contributed by atoms with Crippen molar-refractivity contribution < 1.29 is 5.11 Å². The number of aryl methyl sites for hydroxylation is 3. The van der Waals surface area contributed by atoms with Crippen LogP contribution in [0.1, 0.15) is 59.4 Å². The summed E-state index contributed by atoms with van der Waals surface area (Å²) in [6, 6.07) is 8.69. The molecule has 0 bridgehead atoms. The third-order valence-electron chi connectivity index (χ3n) is 4.90. The van der Waals surface area contributed by atoms with Gasteiger partial charge in [-0.1, -0.05) is 24.3 Å². The molecule has 2 unspecified atom stereocenters. The summed E-state index contributed by atoms with van der Waals surface area (Å²) < 4.78 is 1.86. The van der Waals surface area contributed by atoms with Crippen LogP contribution in [0.5, 0.6) is 0 Å². The van der Waals surface area contributed by atoms with Gasteiger partial charge in [0.25, 0.3) is 0 Å². The molecule has 0 aliphatic heterocycles. The summed E-state index contributed by atoms with van der Waals surface area (Å²) in [5.74, 6) is 0.462. The van der Waals surface area contributed by atoms with Crippen molar-refractivity contribution in [2.45, 2.75) is 51.6 Å². The molecule has 1 heterocycles. The number of hydrogen-bond acceptors (Lipinski definition) is 2. The van der Waals surface area contributed by atoms with Crippen molar-refractivity contribution >= 4 is 0 Å². The topological polar surface area (TPSA) is 38.0 Å². The van der Waals surface area contributed by atoms with Crippen LogP contribution in [0.25, 0.3) is 0 Å². The number of aliphatic hydroxyl groups is 1. The van der Waals surface area contributed by atoms with Crippen LogP contribution in [0, 0.1) is 13.8 Å². The number of nitrogens with zero attached hydrogens (tertiary/aromatic N) is 2. The average Bonchev–Trinajstić information content (AvgIpc) is 2.72. The molecule has 2 atom stereocenters. The maximum absolute atomic E-state index is 10.7. The molecule has 0 fully saturated rings. The van der Waals surface area contributed by atoms with Gasteiger partial charge in [-0.15, -0.1) is 0 Å². The second-order valence-electron chi connectivity index (χ2n) is 6.25. The largest absolute Gasteiger partial charge is 0.388 e. The molecule has 1 aromatic heterocycles. The van der Waals surface area contributed by atoms with Crippen LogP contribution >= 0.6 is 0 Å². The Bertz CT molecular complexity index is 645. The lowest BCUT2D eigenvalue weighted by molar-refractivity contribution is 0.152. The Kier molecular flexibility index (Phi) is 3.85. The molecule has 3 nitrogen and oxygen atoms in total. The van der Waals surface area contributed by atoms with Gasteiger partial charge in [0.1, 0.15) is 0 Å². The first-order valence-electron chi connectivity index (χ1n) is 7.84. The van der Waals surface area contributed by atoms with E-state index in [1.54, 1.807) is 0 Å². The van der Waals surface area contributed by atoms with Gasteiger partial charge in [0.2, 0.25) is 0 Å². The van der Waals surface area contributed by atoms with Gasteiger partial charge in [-0.3, -0.25) is 4.68 Å². The summed E-state index contributed by atoms with van der Waals surface area (Å²) in [5, 5.41) is 15.1. The van der Waals surface area contributed by atoms with Crippen LogP contribution in [0.2, 0.25) is 0 Å². The van der Waals surface area contributed by atoms with Gasteiger partial charge in [-0.2, -0.15) is 5.10 Å². The number of aliphatic hydroxyl groups excluding tert-OH is 1. The molecule has 0 radical (unpaired) electrons. The first-order chi connectivity index (χ1) is 10.1. The van der Waals surface area contributed by atoms with E-state index >= 15 is 0 Å². The van der Waals surface area contributed by atoms with E-state index in [2.05, 4.69) is 29.4 Å². The van der Waals surface area contributed by atoms with E-state index in [0.29, 0.717) is 5.92 Å². The molecule has 0 saturated carbocycles. The molecule has 1 aliphatic carbocycles. The standard InChI is InChI=1S/C18H24N2O/c1-12-18(13(2)20(3)19-12)17(21)11-15-9-6-8-14-7-4-5-10-16(14)15/h4-5,7,10,15,17,21H,6,8-9,11H2,1-3H3. The Morgan fingerprint density at radius 2 is 2.10 bits per heavy atom. The Labute approximate surface area is 126 Å². The van der Waals surface area contributed by atoms with E-state index < -0.39 is 6.10 Å². The molecule has 112 valence electrons. The summed E-state index contributed by atoms with van der Waals surface area (Å²) >= 11 is 0. The Morgan fingerprint density at radius 1 is 1.33 bits per heavy atom. The fraction of sp³-hybridized carbons (Fsp3) is 0.500. The summed E-state index contributed by atoms with van der Waals surface area (Å²) in [6.07, 6.45) is 3.94. The zero-order valence-corrected chi connectivity index (χ0v) is 13.1. The van der Waals surface area contributed by atoms with Gasteiger partial charge in [-0.05, 0) is 56.6 Å². The smallest absolute Gasteiger partial charge is 0.0831 e. The lowest BCUT2D eigenvalue weighted by atomic mass is 9.79. The van der Waals surface area contributed by atoms with Crippen LogP contribution < -0.4 is 0 Å².